The Morgan fingerprint density at radius 2 is 1.58 bits per heavy atom. The van der Waals surface area contributed by atoms with Crippen LogP contribution in [0, 0.1) is 0 Å². The van der Waals surface area contributed by atoms with E-state index in [1.807, 2.05) is 0 Å². The number of rotatable bonds is 7. The Morgan fingerprint density at radius 3 is 2.19 bits per heavy atom. The van der Waals surface area contributed by atoms with Gasteiger partial charge in [0.25, 0.3) is 5.91 Å². The Morgan fingerprint density at radius 1 is 0.962 bits per heavy atom. The van der Waals surface area contributed by atoms with Crippen LogP contribution in [0.1, 0.15) is 26.3 Å². The number of nitrogens with two attached hydrogens (primary N) is 1. The van der Waals surface area contributed by atoms with Crippen molar-refractivity contribution >= 4 is 35.2 Å². The molecule has 134 valence electrons. The smallest absolute Gasteiger partial charge is 0.339 e. The van der Waals surface area contributed by atoms with Crippen LogP contribution in [-0.4, -0.2) is 36.7 Å². The van der Waals surface area contributed by atoms with Gasteiger partial charge in [0.1, 0.15) is 0 Å². The van der Waals surface area contributed by atoms with E-state index in [9.17, 15) is 19.2 Å². The van der Waals surface area contributed by atoms with Crippen molar-refractivity contribution in [3.8, 4) is 0 Å². The lowest BCUT2D eigenvalue weighted by atomic mass is 9.98. The van der Waals surface area contributed by atoms with E-state index >= 15 is 0 Å². The fraction of sp³-hybridized carbons (Fsp3) is 0.111. The topological polar surface area (TPSA) is 116 Å². The molecule has 26 heavy (non-hydrogen) atoms. The first-order valence-corrected chi connectivity index (χ1v) is 7.87. The minimum atomic E-state index is -0.836. The molecule has 0 saturated carbocycles. The highest BCUT2D eigenvalue weighted by Gasteiger charge is 2.19. The van der Waals surface area contributed by atoms with Crippen molar-refractivity contribution in [2.45, 2.75) is 0 Å². The second-order valence-corrected chi connectivity index (χ2v) is 5.64. The molecule has 0 aliphatic rings. The first-order valence-electron chi connectivity index (χ1n) is 7.50. The molecular weight excluding hydrogens is 360 g/mol. The molecule has 0 aliphatic carbocycles. The maximum Gasteiger partial charge on any atom is 0.339 e. The van der Waals surface area contributed by atoms with Crippen molar-refractivity contribution in [3.05, 3.63) is 70.2 Å². The normalized spacial score (nSPS) is 10.0. The van der Waals surface area contributed by atoms with Gasteiger partial charge in [-0.1, -0.05) is 29.8 Å². The fourth-order valence-electron chi connectivity index (χ4n) is 2.06. The number of benzene rings is 2. The molecule has 2 rings (SSSR count). The second-order valence-electron chi connectivity index (χ2n) is 5.20. The molecule has 0 fully saturated rings. The quantitative estimate of drug-likeness (QED) is 0.560. The van der Waals surface area contributed by atoms with Gasteiger partial charge in [0, 0.05) is 16.1 Å². The largest absolute Gasteiger partial charge is 0.452 e. The van der Waals surface area contributed by atoms with Crippen LogP contribution in [0.4, 0.5) is 0 Å². The summed E-state index contributed by atoms with van der Waals surface area (Å²) in [5, 5.41) is 2.67. The summed E-state index contributed by atoms with van der Waals surface area (Å²) in [5.74, 6) is -2.62. The van der Waals surface area contributed by atoms with Crippen LogP contribution in [0.5, 0.6) is 0 Å². The van der Waals surface area contributed by atoms with Crippen LogP contribution in [0.25, 0.3) is 0 Å². The molecule has 0 unspecified atom stereocenters. The highest BCUT2D eigenvalue weighted by Crippen LogP contribution is 2.17. The summed E-state index contributed by atoms with van der Waals surface area (Å²) < 4.78 is 4.89. The van der Waals surface area contributed by atoms with Crippen molar-refractivity contribution < 1.29 is 23.9 Å². The Kier molecular flexibility index (Phi) is 6.46. The number of amides is 2. The number of carbonyl (C=O) groups is 4. The van der Waals surface area contributed by atoms with Crippen LogP contribution in [0.15, 0.2) is 48.5 Å². The van der Waals surface area contributed by atoms with E-state index < -0.39 is 24.4 Å². The zero-order chi connectivity index (χ0) is 19.1. The number of hydrogen-bond acceptors (Lipinski definition) is 5. The van der Waals surface area contributed by atoms with E-state index in [4.69, 9.17) is 22.1 Å². The molecule has 2 amide bonds. The molecule has 0 atom stereocenters. The molecule has 2 aromatic rings. The molecule has 0 aromatic heterocycles. The summed E-state index contributed by atoms with van der Waals surface area (Å²) in [6.07, 6.45) is 0. The maximum atomic E-state index is 12.6. The van der Waals surface area contributed by atoms with Crippen LogP contribution in [0.2, 0.25) is 5.02 Å². The summed E-state index contributed by atoms with van der Waals surface area (Å²) >= 11 is 5.81. The number of halogens is 1. The number of ether oxygens (including phenoxy) is 1. The van der Waals surface area contributed by atoms with Gasteiger partial charge in [0.05, 0.1) is 12.1 Å². The third-order valence-electron chi connectivity index (χ3n) is 3.29. The highest BCUT2D eigenvalue weighted by atomic mass is 35.5. The number of carbonyl (C=O) groups excluding carboxylic acids is 4. The Labute approximate surface area is 154 Å². The molecular formula is C18H15ClN2O5. The Hall–Kier alpha value is -3.19. The first-order chi connectivity index (χ1) is 12.4. The Bertz CT molecular complexity index is 849. The fourth-order valence-corrected chi connectivity index (χ4v) is 2.19. The predicted molar refractivity (Wildman–Crippen MR) is 93.8 cm³/mol. The monoisotopic (exact) mass is 374 g/mol. The number of ketones is 1. The van der Waals surface area contributed by atoms with Crippen LogP contribution in [0.3, 0.4) is 0 Å². The predicted octanol–water partition coefficient (Wildman–Crippen LogP) is 1.33. The molecule has 0 radical (unpaired) electrons. The lowest BCUT2D eigenvalue weighted by Gasteiger charge is -2.09. The van der Waals surface area contributed by atoms with Crippen molar-refractivity contribution in [1.82, 2.24) is 5.32 Å². The molecule has 0 saturated heterocycles. The van der Waals surface area contributed by atoms with Crippen molar-refractivity contribution in [2.75, 3.05) is 13.2 Å². The van der Waals surface area contributed by atoms with Gasteiger partial charge in [-0.15, -0.1) is 0 Å². The third kappa shape index (κ3) is 5.15. The SMILES string of the molecule is NC(=O)CNC(=O)COC(=O)c1ccccc1C(=O)c1ccc(Cl)cc1. The van der Waals surface area contributed by atoms with E-state index in [1.165, 1.54) is 12.1 Å². The van der Waals surface area contributed by atoms with E-state index in [-0.39, 0.29) is 23.5 Å². The van der Waals surface area contributed by atoms with Crippen molar-refractivity contribution in [2.24, 2.45) is 5.73 Å². The van der Waals surface area contributed by atoms with Gasteiger partial charge in [-0.3, -0.25) is 14.4 Å². The molecule has 0 spiro atoms. The minimum absolute atomic E-state index is 0.0233. The summed E-state index contributed by atoms with van der Waals surface area (Å²) in [6.45, 7) is -0.961. The second kappa shape index (κ2) is 8.77. The third-order valence-corrected chi connectivity index (χ3v) is 3.54. The summed E-state index contributed by atoms with van der Waals surface area (Å²) in [4.78, 5) is 46.9. The van der Waals surface area contributed by atoms with Gasteiger partial charge in [-0.25, -0.2) is 4.79 Å². The molecule has 7 nitrogen and oxygen atoms in total. The van der Waals surface area contributed by atoms with Gasteiger partial charge < -0.3 is 15.8 Å². The van der Waals surface area contributed by atoms with Gasteiger partial charge in [-0.2, -0.15) is 0 Å². The zero-order valence-electron chi connectivity index (χ0n) is 13.5. The molecule has 0 heterocycles. The van der Waals surface area contributed by atoms with Crippen molar-refractivity contribution in [1.29, 1.82) is 0 Å². The number of esters is 1. The van der Waals surface area contributed by atoms with Crippen molar-refractivity contribution in [3.63, 3.8) is 0 Å². The Balaban J connectivity index is 2.11. The summed E-state index contributed by atoms with van der Waals surface area (Å²) in [6, 6.07) is 12.3. The highest BCUT2D eigenvalue weighted by molar-refractivity contribution is 6.30. The molecule has 2 aromatic carbocycles. The van der Waals surface area contributed by atoms with E-state index in [0.717, 1.165) is 0 Å². The standard InChI is InChI=1S/C18H15ClN2O5/c19-12-7-5-11(6-8-12)17(24)13-3-1-2-4-14(13)18(25)26-10-16(23)21-9-15(20)22/h1-8H,9-10H2,(H2,20,22)(H,21,23). The van der Waals surface area contributed by atoms with Crippen LogP contribution in [-0.2, 0) is 14.3 Å². The van der Waals surface area contributed by atoms with E-state index in [2.05, 4.69) is 5.32 Å². The van der Waals surface area contributed by atoms with Crippen LogP contribution >= 0.6 is 11.6 Å². The molecule has 8 heteroatoms. The van der Waals surface area contributed by atoms with Crippen LogP contribution < -0.4 is 11.1 Å². The molecule has 3 N–H and O–H groups in total. The van der Waals surface area contributed by atoms with Gasteiger partial charge in [0.2, 0.25) is 5.91 Å². The number of nitrogens with one attached hydrogen (secondary N) is 1. The summed E-state index contributed by atoms with van der Waals surface area (Å²) in [7, 11) is 0. The lowest BCUT2D eigenvalue weighted by Crippen LogP contribution is -2.36. The lowest BCUT2D eigenvalue weighted by molar-refractivity contribution is -0.127. The molecule has 0 bridgehead atoms. The number of hydrogen-bond donors (Lipinski definition) is 2. The maximum absolute atomic E-state index is 12.6. The van der Waals surface area contributed by atoms with E-state index in [1.54, 1.807) is 36.4 Å². The van der Waals surface area contributed by atoms with E-state index in [0.29, 0.717) is 10.6 Å². The first kappa shape index (κ1) is 19.1. The zero-order valence-corrected chi connectivity index (χ0v) is 14.3. The van der Waals surface area contributed by atoms with Gasteiger partial charge in [0.15, 0.2) is 12.4 Å². The average Bonchev–Trinajstić information content (AvgIpc) is 2.64. The number of primary amides is 1. The average molecular weight is 375 g/mol. The molecule has 0 aliphatic heterocycles. The van der Waals surface area contributed by atoms with Gasteiger partial charge in [-0.05, 0) is 30.3 Å². The summed E-state index contributed by atoms with van der Waals surface area (Å²) in [5.41, 5.74) is 5.41. The minimum Gasteiger partial charge on any atom is -0.452 e. The van der Waals surface area contributed by atoms with Gasteiger partial charge >= 0.3 is 5.97 Å².